The van der Waals surface area contributed by atoms with E-state index in [1.54, 1.807) is 0 Å². The first-order valence-electron chi connectivity index (χ1n) is 7.73. The maximum atomic E-state index is 10.1. The van der Waals surface area contributed by atoms with Crippen LogP contribution in [0.1, 0.15) is 24.0 Å². The molecule has 8 nitrogen and oxygen atoms in total. The molecule has 0 fully saturated rings. The number of phenolic OH excluding ortho intramolecular Hbond substituents is 6. The minimum atomic E-state index is -1.21. The van der Waals surface area contributed by atoms with E-state index >= 15 is 0 Å². The molecule has 0 amide bonds. The van der Waals surface area contributed by atoms with Gasteiger partial charge < -0.3 is 40.1 Å². The summed E-state index contributed by atoms with van der Waals surface area (Å²) >= 11 is 0. The average Bonchev–Trinajstić information content (AvgIpc) is 2.60. The third kappa shape index (κ3) is 2.14. The van der Waals surface area contributed by atoms with E-state index in [0.717, 1.165) is 0 Å². The van der Waals surface area contributed by atoms with Gasteiger partial charge in [0, 0.05) is 24.0 Å². The Hall–Kier alpha value is -3.16. The summed E-state index contributed by atoms with van der Waals surface area (Å²) < 4.78 is 11.6. The number of aryl methyl sites for hydroxylation is 2. The number of ether oxygens (including phenoxy) is 2. The van der Waals surface area contributed by atoms with Gasteiger partial charge in [-0.25, -0.2) is 0 Å². The van der Waals surface area contributed by atoms with Gasteiger partial charge in [-0.05, 0) is 25.0 Å². The molecule has 2 aliphatic rings. The summed E-state index contributed by atoms with van der Waals surface area (Å²) in [5.74, 6) is -4.60. The van der Waals surface area contributed by atoms with E-state index in [-0.39, 0.29) is 11.5 Å². The van der Waals surface area contributed by atoms with Crippen LogP contribution in [0.3, 0.4) is 0 Å². The minimum absolute atomic E-state index is 0.00694. The molecule has 0 radical (unpaired) electrons. The minimum Gasteiger partial charge on any atom is -0.504 e. The summed E-state index contributed by atoms with van der Waals surface area (Å²) in [4.78, 5) is 0. The summed E-state index contributed by atoms with van der Waals surface area (Å²) in [6.45, 7) is 0. The Bertz CT molecular complexity index is 816. The van der Waals surface area contributed by atoms with E-state index in [1.807, 2.05) is 0 Å². The molecule has 2 heterocycles. The van der Waals surface area contributed by atoms with Crippen LogP contribution in [0.2, 0.25) is 0 Å². The van der Waals surface area contributed by atoms with Gasteiger partial charge in [-0.15, -0.1) is 0 Å². The van der Waals surface area contributed by atoms with Gasteiger partial charge >= 0.3 is 0 Å². The number of fused-ring (bicyclic) bond motifs is 2. The summed E-state index contributed by atoms with van der Waals surface area (Å²) in [7, 11) is 0. The second kappa shape index (κ2) is 4.92. The number of phenols is 6. The second-order valence-corrected chi connectivity index (χ2v) is 6.28. The van der Waals surface area contributed by atoms with Gasteiger partial charge in [0.25, 0.3) is 5.79 Å². The molecule has 0 bridgehead atoms. The van der Waals surface area contributed by atoms with Crippen molar-refractivity contribution in [3.8, 4) is 46.0 Å². The quantitative estimate of drug-likeness (QED) is 0.397. The third-order valence-corrected chi connectivity index (χ3v) is 4.70. The Morgan fingerprint density at radius 1 is 0.640 bits per heavy atom. The van der Waals surface area contributed by atoms with Crippen molar-refractivity contribution in [2.24, 2.45) is 0 Å². The lowest BCUT2D eigenvalue weighted by Gasteiger charge is -2.42. The Labute approximate surface area is 141 Å². The third-order valence-electron chi connectivity index (χ3n) is 4.70. The molecule has 1 spiro atoms. The number of aromatic hydroxyl groups is 6. The monoisotopic (exact) mass is 348 g/mol. The van der Waals surface area contributed by atoms with Crippen molar-refractivity contribution in [3.63, 3.8) is 0 Å². The van der Waals surface area contributed by atoms with Crippen molar-refractivity contribution in [2.45, 2.75) is 31.5 Å². The van der Waals surface area contributed by atoms with Gasteiger partial charge in [-0.1, -0.05) is 0 Å². The van der Waals surface area contributed by atoms with Crippen LogP contribution in [0.4, 0.5) is 0 Å². The van der Waals surface area contributed by atoms with Crippen LogP contribution in [0.15, 0.2) is 12.1 Å². The van der Waals surface area contributed by atoms with E-state index < -0.39 is 40.3 Å². The number of hydrogen-bond acceptors (Lipinski definition) is 8. The molecule has 25 heavy (non-hydrogen) atoms. The SMILES string of the molecule is Oc1cc2c(c(O)c1O)OC1(CC2)CCc2cc(O)c(O)c(O)c2O1. The average molecular weight is 348 g/mol. The van der Waals surface area contributed by atoms with Crippen LogP contribution in [0.5, 0.6) is 46.0 Å². The molecule has 132 valence electrons. The predicted octanol–water partition coefficient (Wildman–Crippen LogP) is 1.97. The number of rotatable bonds is 0. The van der Waals surface area contributed by atoms with E-state index in [2.05, 4.69) is 0 Å². The highest BCUT2D eigenvalue weighted by Gasteiger charge is 2.44. The van der Waals surface area contributed by atoms with E-state index in [4.69, 9.17) is 9.47 Å². The highest BCUT2D eigenvalue weighted by molar-refractivity contribution is 5.63. The summed E-state index contributed by atoms with van der Waals surface area (Å²) in [6, 6.07) is 2.63. The lowest BCUT2D eigenvalue weighted by atomic mass is 9.91. The molecular formula is C17H16O8. The molecule has 2 aromatic carbocycles. The molecular weight excluding hydrogens is 332 g/mol. The van der Waals surface area contributed by atoms with Gasteiger partial charge in [-0.2, -0.15) is 0 Å². The lowest BCUT2D eigenvalue weighted by molar-refractivity contribution is -0.141. The molecule has 6 N–H and O–H groups in total. The standard InChI is InChI=1S/C17H16O8/c18-9-5-7-1-3-17(24-15(7)13(22)11(9)20)4-2-8-6-10(19)12(21)14(23)16(8)25-17/h5-6,18-23H,1-4H2. The molecule has 0 aromatic heterocycles. The maximum Gasteiger partial charge on any atom is 0.252 e. The normalized spacial score (nSPS) is 17.3. The zero-order chi connectivity index (χ0) is 17.9. The van der Waals surface area contributed by atoms with Crippen molar-refractivity contribution in [1.82, 2.24) is 0 Å². The molecule has 0 unspecified atom stereocenters. The fourth-order valence-corrected chi connectivity index (χ4v) is 3.33. The first-order chi connectivity index (χ1) is 11.8. The molecule has 2 aliphatic heterocycles. The highest BCUT2D eigenvalue weighted by atomic mass is 16.7. The van der Waals surface area contributed by atoms with Crippen molar-refractivity contribution >= 4 is 0 Å². The lowest BCUT2D eigenvalue weighted by Crippen LogP contribution is -2.47. The molecule has 2 aromatic rings. The van der Waals surface area contributed by atoms with Crippen LogP contribution in [-0.4, -0.2) is 36.4 Å². The van der Waals surface area contributed by atoms with E-state index in [1.165, 1.54) is 12.1 Å². The van der Waals surface area contributed by atoms with Crippen LogP contribution >= 0.6 is 0 Å². The molecule has 0 saturated carbocycles. The zero-order valence-corrected chi connectivity index (χ0v) is 13.0. The molecule has 0 saturated heterocycles. The van der Waals surface area contributed by atoms with Crippen molar-refractivity contribution < 1.29 is 40.1 Å². The van der Waals surface area contributed by atoms with Crippen LogP contribution in [0.25, 0.3) is 0 Å². The van der Waals surface area contributed by atoms with Gasteiger partial charge in [0.2, 0.25) is 23.0 Å². The largest absolute Gasteiger partial charge is 0.504 e. The Morgan fingerprint density at radius 3 is 1.44 bits per heavy atom. The van der Waals surface area contributed by atoms with Crippen LogP contribution < -0.4 is 9.47 Å². The molecule has 8 heteroatoms. The van der Waals surface area contributed by atoms with Crippen LogP contribution in [0, 0.1) is 0 Å². The number of hydrogen-bond donors (Lipinski definition) is 6. The topological polar surface area (TPSA) is 140 Å². The van der Waals surface area contributed by atoms with Gasteiger partial charge in [-0.3, -0.25) is 0 Å². The highest BCUT2D eigenvalue weighted by Crippen LogP contribution is 2.53. The zero-order valence-electron chi connectivity index (χ0n) is 13.0. The van der Waals surface area contributed by atoms with Crippen molar-refractivity contribution in [2.75, 3.05) is 0 Å². The summed E-state index contributed by atoms with van der Waals surface area (Å²) in [6.07, 6.45) is 1.53. The Morgan fingerprint density at radius 2 is 1.04 bits per heavy atom. The second-order valence-electron chi connectivity index (χ2n) is 6.28. The molecule has 0 aliphatic carbocycles. The number of benzene rings is 2. The summed E-state index contributed by atoms with van der Waals surface area (Å²) in [5, 5.41) is 58.7. The first-order valence-corrected chi connectivity index (χ1v) is 7.73. The predicted molar refractivity (Wildman–Crippen MR) is 83.5 cm³/mol. The van der Waals surface area contributed by atoms with E-state index in [0.29, 0.717) is 36.8 Å². The summed E-state index contributed by atoms with van der Waals surface area (Å²) in [5.41, 5.74) is 1.04. The van der Waals surface area contributed by atoms with Crippen molar-refractivity contribution in [3.05, 3.63) is 23.3 Å². The van der Waals surface area contributed by atoms with Gasteiger partial charge in [0.15, 0.2) is 23.0 Å². The smallest absolute Gasteiger partial charge is 0.252 e. The van der Waals surface area contributed by atoms with Gasteiger partial charge in [0.1, 0.15) is 0 Å². The van der Waals surface area contributed by atoms with E-state index in [9.17, 15) is 30.6 Å². The Balaban J connectivity index is 1.75. The Kier molecular flexibility index (Phi) is 3.02. The van der Waals surface area contributed by atoms with Crippen LogP contribution in [-0.2, 0) is 12.8 Å². The first kappa shape index (κ1) is 15.4. The van der Waals surface area contributed by atoms with Crippen molar-refractivity contribution in [1.29, 1.82) is 0 Å². The molecule has 0 atom stereocenters. The fourth-order valence-electron chi connectivity index (χ4n) is 3.33. The fraction of sp³-hybridized carbons (Fsp3) is 0.294. The molecule has 4 rings (SSSR count). The van der Waals surface area contributed by atoms with Gasteiger partial charge in [0.05, 0.1) is 0 Å². The maximum absolute atomic E-state index is 10.1.